The number of carboxylic acid groups (broad SMARTS) is 1. The summed E-state index contributed by atoms with van der Waals surface area (Å²) in [6, 6.07) is 7.88. The molecular formula is C15H12F2O3. The van der Waals surface area contributed by atoms with E-state index < -0.39 is 17.6 Å². The van der Waals surface area contributed by atoms with Gasteiger partial charge in [-0.05, 0) is 42.8 Å². The van der Waals surface area contributed by atoms with Crippen molar-refractivity contribution in [1.82, 2.24) is 0 Å². The Morgan fingerprint density at radius 1 is 1.20 bits per heavy atom. The van der Waals surface area contributed by atoms with Gasteiger partial charge in [0.1, 0.15) is 24.0 Å². The first-order valence-corrected chi connectivity index (χ1v) is 5.88. The molecule has 0 saturated heterocycles. The Balaban J connectivity index is 2.17. The van der Waals surface area contributed by atoms with Crippen molar-refractivity contribution in [2.24, 2.45) is 0 Å². The molecule has 0 bridgehead atoms. The minimum Gasteiger partial charge on any atom is -0.488 e. The SMILES string of the molecule is Cc1cc(C(=O)O)ccc1OCc1c(F)cccc1F. The van der Waals surface area contributed by atoms with Gasteiger partial charge in [0.25, 0.3) is 0 Å². The van der Waals surface area contributed by atoms with Crippen LogP contribution in [0.4, 0.5) is 8.78 Å². The van der Waals surface area contributed by atoms with E-state index in [2.05, 4.69) is 0 Å². The number of carboxylic acids is 1. The largest absolute Gasteiger partial charge is 0.488 e. The van der Waals surface area contributed by atoms with Crippen LogP contribution < -0.4 is 4.74 Å². The van der Waals surface area contributed by atoms with Crippen molar-refractivity contribution < 1.29 is 23.4 Å². The fraction of sp³-hybridized carbons (Fsp3) is 0.133. The second-order valence-corrected chi connectivity index (χ2v) is 4.27. The number of rotatable bonds is 4. The molecule has 2 aromatic rings. The maximum Gasteiger partial charge on any atom is 0.335 e. The Morgan fingerprint density at radius 2 is 1.85 bits per heavy atom. The molecule has 104 valence electrons. The molecule has 5 heteroatoms. The van der Waals surface area contributed by atoms with E-state index in [1.807, 2.05) is 0 Å². The topological polar surface area (TPSA) is 46.5 Å². The molecule has 0 saturated carbocycles. The molecule has 0 atom stereocenters. The van der Waals surface area contributed by atoms with Gasteiger partial charge in [-0.2, -0.15) is 0 Å². The standard InChI is InChI=1S/C15H12F2O3/c1-9-7-10(15(18)19)5-6-14(9)20-8-11-12(16)3-2-4-13(11)17/h2-7H,8H2,1H3,(H,18,19). The molecule has 0 radical (unpaired) electrons. The van der Waals surface area contributed by atoms with Gasteiger partial charge in [0, 0.05) is 0 Å². The number of hydrogen-bond acceptors (Lipinski definition) is 2. The molecular weight excluding hydrogens is 266 g/mol. The van der Waals surface area contributed by atoms with Gasteiger partial charge in [0.05, 0.1) is 11.1 Å². The third-order valence-corrected chi connectivity index (χ3v) is 2.86. The van der Waals surface area contributed by atoms with Crippen molar-refractivity contribution in [3.05, 3.63) is 64.7 Å². The number of aryl methyl sites for hydroxylation is 1. The second-order valence-electron chi connectivity index (χ2n) is 4.27. The highest BCUT2D eigenvalue weighted by atomic mass is 19.1. The summed E-state index contributed by atoms with van der Waals surface area (Å²) in [5.41, 5.74) is 0.558. The number of ether oxygens (including phenoxy) is 1. The van der Waals surface area contributed by atoms with Crippen LogP contribution in [0.5, 0.6) is 5.75 Å². The average molecular weight is 278 g/mol. The van der Waals surface area contributed by atoms with Gasteiger partial charge in [-0.3, -0.25) is 0 Å². The lowest BCUT2D eigenvalue weighted by Gasteiger charge is -2.11. The first-order chi connectivity index (χ1) is 9.49. The summed E-state index contributed by atoms with van der Waals surface area (Å²) in [5.74, 6) is -2.01. The molecule has 0 aliphatic carbocycles. The molecule has 0 aliphatic rings. The van der Waals surface area contributed by atoms with Gasteiger partial charge < -0.3 is 9.84 Å². The summed E-state index contributed by atoms with van der Waals surface area (Å²) in [6.07, 6.45) is 0. The number of hydrogen-bond donors (Lipinski definition) is 1. The van der Waals surface area contributed by atoms with Crippen molar-refractivity contribution >= 4 is 5.97 Å². The Labute approximate surface area is 114 Å². The van der Waals surface area contributed by atoms with Crippen LogP contribution >= 0.6 is 0 Å². The fourth-order valence-electron chi connectivity index (χ4n) is 1.76. The lowest BCUT2D eigenvalue weighted by molar-refractivity contribution is 0.0696. The zero-order valence-electron chi connectivity index (χ0n) is 10.7. The molecule has 0 fully saturated rings. The van der Waals surface area contributed by atoms with Crippen molar-refractivity contribution in [2.45, 2.75) is 13.5 Å². The zero-order valence-corrected chi connectivity index (χ0v) is 10.7. The highest BCUT2D eigenvalue weighted by Gasteiger charge is 2.11. The van der Waals surface area contributed by atoms with E-state index in [-0.39, 0.29) is 17.7 Å². The summed E-state index contributed by atoms with van der Waals surface area (Å²) in [4.78, 5) is 10.8. The Bertz CT molecular complexity index is 633. The van der Waals surface area contributed by atoms with Gasteiger partial charge in [-0.15, -0.1) is 0 Å². The van der Waals surface area contributed by atoms with E-state index >= 15 is 0 Å². The molecule has 0 unspecified atom stereocenters. The van der Waals surface area contributed by atoms with Crippen LogP contribution in [-0.2, 0) is 6.61 Å². The van der Waals surface area contributed by atoms with E-state index in [0.29, 0.717) is 11.3 Å². The minimum absolute atomic E-state index is 0.131. The minimum atomic E-state index is -1.04. The van der Waals surface area contributed by atoms with E-state index in [9.17, 15) is 13.6 Å². The smallest absolute Gasteiger partial charge is 0.335 e. The van der Waals surface area contributed by atoms with Gasteiger partial charge in [0.2, 0.25) is 0 Å². The second kappa shape index (κ2) is 5.69. The highest BCUT2D eigenvalue weighted by Crippen LogP contribution is 2.22. The van der Waals surface area contributed by atoms with E-state index in [1.165, 1.54) is 24.3 Å². The maximum absolute atomic E-state index is 13.4. The number of benzene rings is 2. The Morgan fingerprint density at radius 3 is 2.40 bits per heavy atom. The van der Waals surface area contributed by atoms with Crippen LogP contribution in [0.1, 0.15) is 21.5 Å². The van der Waals surface area contributed by atoms with Crippen LogP contribution in [0.25, 0.3) is 0 Å². The first kappa shape index (κ1) is 14.0. The van der Waals surface area contributed by atoms with E-state index in [4.69, 9.17) is 9.84 Å². The van der Waals surface area contributed by atoms with Crippen molar-refractivity contribution in [3.8, 4) is 5.75 Å². The van der Waals surface area contributed by atoms with Crippen LogP contribution in [0.15, 0.2) is 36.4 Å². The number of halogens is 2. The molecule has 2 aromatic carbocycles. The average Bonchev–Trinajstić information content (AvgIpc) is 2.39. The number of carbonyl (C=O) groups is 1. The maximum atomic E-state index is 13.4. The van der Waals surface area contributed by atoms with Crippen LogP contribution in [0, 0.1) is 18.6 Å². The Hall–Kier alpha value is -2.43. The van der Waals surface area contributed by atoms with Gasteiger partial charge in [0.15, 0.2) is 0 Å². The lowest BCUT2D eigenvalue weighted by atomic mass is 10.1. The summed E-state index contributed by atoms with van der Waals surface area (Å²) >= 11 is 0. The molecule has 0 amide bonds. The molecule has 0 spiro atoms. The van der Waals surface area contributed by atoms with Crippen molar-refractivity contribution in [3.63, 3.8) is 0 Å². The van der Waals surface area contributed by atoms with Crippen molar-refractivity contribution in [1.29, 1.82) is 0 Å². The third kappa shape index (κ3) is 2.93. The summed E-state index contributed by atoms with van der Waals surface area (Å²) in [5, 5.41) is 8.84. The molecule has 2 rings (SSSR count). The predicted octanol–water partition coefficient (Wildman–Crippen LogP) is 3.55. The zero-order chi connectivity index (χ0) is 14.7. The number of aromatic carboxylic acids is 1. The third-order valence-electron chi connectivity index (χ3n) is 2.86. The highest BCUT2D eigenvalue weighted by molar-refractivity contribution is 5.88. The summed E-state index contributed by atoms with van der Waals surface area (Å²) < 4.78 is 32.2. The summed E-state index contributed by atoms with van der Waals surface area (Å²) in [6.45, 7) is 1.41. The van der Waals surface area contributed by atoms with E-state index in [1.54, 1.807) is 6.92 Å². The molecule has 0 aromatic heterocycles. The lowest BCUT2D eigenvalue weighted by Crippen LogP contribution is -2.03. The molecule has 0 aliphatic heterocycles. The Kier molecular flexibility index (Phi) is 3.98. The van der Waals surface area contributed by atoms with Gasteiger partial charge >= 0.3 is 5.97 Å². The molecule has 1 N–H and O–H groups in total. The van der Waals surface area contributed by atoms with Crippen LogP contribution in [0.2, 0.25) is 0 Å². The normalized spacial score (nSPS) is 10.3. The molecule has 20 heavy (non-hydrogen) atoms. The van der Waals surface area contributed by atoms with Crippen LogP contribution in [0.3, 0.4) is 0 Å². The molecule has 0 heterocycles. The van der Waals surface area contributed by atoms with E-state index in [0.717, 1.165) is 12.1 Å². The fourth-order valence-corrected chi connectivity index (χ4v) is 1.76. The van der Waals surface area contributed by atoms with Gasteiger partial charge in [-0.1, -0.05) is 6.07 Å². The molecule has 3 nitrogen and oxygen atoms in total. The van der Waals surface area contributed by atoms with Gasteiger partial charge in [-0.25, -0.2) is 13.6 Å². The summed E-state index contributed by atoms with van der Waals surface area (Å²) in [7, 11) is 0. The van der Waals surface area contributed by atoms with Crippen molar-refractivity contribution in [2.75, 3.05) is 0 Å². The quantitative estimate of drug-likeness (QED) is 0.930. The van der Waals surface area contributed by atoms with Crippen LogP contribution in [-0.4, -0.2) is 11.1 Å². The first-order valence-electron chi connectivity index (χ1n) is 5.88. The monoisotopic (exact) mass is 278 g/mol. The predicted molar refractivity (Wildman–Crippen MR) is 68.8 cm³/mol.